The number of halogens is 2. The quantitative estimate of drug-likeness (QED) is 0.635. The molecule has 8 nitrogen and oxygen atoms in total. The summed E-state index contributed by atoms with van der Waals surface area (Å²) < 4.78 is 59.8. The molecule has 11 heteroatoms. The van der Waals surface area contributed by atoms with Gasteiger partial charge in [-0.25, -0.2) is 8.42 Å². The van der Waals surface area contributed by atoms with E-state index in [1.165, 1.54) is 30.2 Å². The van der Waals surface area contributed by atoms with Crippen molar-refractivity contribution in [2.75, 3.05) is 25.7 Å². The van der Waals surface area contributed by atoms with Crippen molar-refractivity contribution in [2.45, 2.75) is 39.5 Å². The van der Waals surface area contributed by atoms with E-state index in [2.05, 4.69) is 9.84 Å². The van der Waals surface area contributed by atoms with Crippen molar-refractivity contribution in [3.05, 3.63) is 40.7 Å². The second-order valence-corrected chi connectivity index (χ2v) is 9.78. The van der Waals surface area contributed by atoms with Gasteiger partial charge < -0.3 is 14.4 Å². The van der Waals surface area contributed by atoms with Gasteiger partial charge in [-0.05, 0) is 38.5 Å². The smallest absolute Gasteiger partial charge is 0.387 e. The van der Waals surface area contributed by atoms with E-state index >= 15 is 0 Å². The number of methoxy groups -OCH3 is 1. The summed E-state index contributed by atoms with van der Waals surface area (Å²) in [5, 5.41) is 4.52. The van der Waals surface area contributed by atoms with Gasteiger partial charge in [0, 0.05) is 30.4 Å². The lowest BCUT2D eigenvalue weighted by molar-refractivity contribution is -0.0512. The number of aryl methyl sites for hydroxylation is 1. The zero-order chi connectivity index (χ0) is 22.9. The molecule has 3 rings (SSSR count). The van der Waals surface area contributed by atoms with Gasteiger partial charge >= 0.3 is 6.61 Å². The van der Waals surface area contributed by atoms with Gasteiger partial charge in [0.25, 0.3) is 5.91 Å². The van der Waals surface area contributed by atoms with E-state index in [1.54, 1.807) is 11.7 Å². The molecule has 0 spiro atoms. The number of ether oxygens (including phenoxy) is 2. The first kappa shape index (κ1) is 23.0. The predicted molar refractivity (Wildman–Crippen MR) is 109 cm³/mol. The summed E-state index contributed by atoms with van der Waals surface area (Å²) in [7, 11) is -0.128. The van der Waals surface area contributed by atoms with E-state index in [1.807, 2.05) is 13.8 Å². The maximum atomic E-state index is 12.9. The summed E-state index contributed by atoms with van der Waals surface area (Å²) in [4.78, 5) is 14.4. The van der Waals surface area contributed by atoms with Gasteiger partial charge in [-0.3, -0.25) is 9.48 Å². The molecule has 2 heterocycles. The molecule has 1 atom stereocenters. The molecule has 0 N–H and O–H groups in total. The molecule has 1 aromatic heterocycles. The molecule has 1 fully saturated rings. The molecular weight excluding hydrogens is 432 g/mol. The Kier molecular flexibility index (Phi) is 6.54. The van der Waals surface area contributed by atoms with Crippen LogP contribution in [0.1, 0.15) is 39.8 Å². The number of carbonyl (C=O) groups excluding carboxylic acids is 1. The maximum Gasteiger partial charge on any atom is 0.387 e. The first-order valence-corrected chi connectivity index (χ1v) is 11.5. The van der Waals surface area contributed by atoms with E-state index in [0.29, 0.717) is 6.42 Å². The van der Waals surface area contributed by atoms with Crippen LogP contribution < -0.4 is 9.47 Å². The molecule has 1 aliphatic rings. The Bertz CT molecular complexity index is 1080. The lowest BCUT2D eigenvalue weighted by Crippen LogP contribution is -2.27. The fourth-order valence-corrected chi connectivity index (χ4v) is 5.46. The number of benzene rings is 1. The third-order valence-electron chi connectivity index (χ3n) is 5.40. The third kappa shape index (κ3) is 4.97. The average molecular weight is 457 g/mol. The highest BCUT2D eigenvalue weighted by molar-refractivity contribution is 7.91. The largest absolute Gasteiger partial charge is 0.493 e. The van der Waals surface area contributed by atoms with Crippen LogP contribution in [0.25, 0.3) is 0 Å². The van der Waals surface area contributed by atoms with Crippen LogP contribution in [0.3, 0.4) is 0 Å². The summed E-state index contributed by atoms with van der Waals surface area (Å²) in [5.74, 6) is -0.248. The van der Waals surface area contributed by atoms with E-state index < -0.39 is 16.4 Å². The fourth-order valence-electron chi connectivity index (χ4n) is 3.77. The van der Waals surface area contributed by atoms with Gasteiger partial charge in [0.15, 0.2) is 21.3 Å². The summed E-state index contributed by atoms with van der Waals surface area (Å²) in [6.45, 7) is 0.932. The molecule has 0 unspecified atom stereocenters. The molecule has 0 saturated carbocycles. The lowest BCUT2D eigenvalue weighted by atomic mass is 10.1. The molecule has 1 saturated heterocycles. The van der Waals surface area contributed by atoms with Crippen LogP contribution in [-0.4, -0.2) is 61.3 Å². The fraction of sp³-hybridized carbons (Fsp3) is 0.500. The number of sulfone groups is 1. The van der Waals surface area contributed by atoms with Gasteiger partial charge in [0.2, 0.25) is 0 Å². The zero-order valence-corrected chi connectivity index (χ0v) is 18.6. The average Bonchev–Trinajstić information content (AvgIpc) is 3.20. The summed E-state index contributed by atoms with van der Waals surface area (Å²) >= 11 is 0. The SMILES string of the molecule is COc1cc(C(=O)N(C)Cc2c(C)nn([C@H]3CCS(=O)(=O)C3)c2C)ccc1OC(F)F. The highest BCUT2D eigenvalue weighted by atomic mass is 32.2. The number of nitrogens with zero attached hydrogens (tertiary/aromatic N) is 3. The lowest BCUT2D eigenvalue weighted by Gasteiger charge is -2.19. The van der Waals surface area contributed by atoms with Crippen LogP contribution in [0, 0.1) is 13.8 Å². The van der Waals surface area contributed by atoms with E-state index in [9.17, 15) is 22.0 Å². The topological polar surface area (TPSA) is 90.7 Å². The molecule has 1 aliphatic heterocycles. The molecule has 0 aliphatic carbocycles. The van der Waals surface area contributed by atoms with Crippen molar-refractivity contribution in [3.63, 3.8) is 0 Å². The second-order valence-electron chi connectivity index (χ2n) is 7.56. The monoisotopic (exact) mass is 457 g/mol. The number of alkyl halides is 2. The van der Waals surface area contributed by atoms with Crippen molar-refractivity contribution in [1.82, 2.24) is 14.7 Å². The number of aromatic nitrogens is 2. The van der Waals surface area contributed by atoms with Gasteiger partial charge in [-0.2, -0.15) is 13.9 Å². The number of amides is 1. The van der Waals surface area contributed by atoms with Gasteiger partial charge in [0.1, 0.15) is 0 Å². The van der Waals surface area contributed by atoms with Crippen LogP contribution in [0.4, 0.5) is 8.78 Å². The van der Waals surface area contributed by atoms with Crippen LogP contribution in [0.2, 0.25) is 0 Å². The molecule has 0 radical (unpaired) electrons. The first-order valence-electron chi connectivity index (χ1n) is 9.65. The number of rotatable bonds is 7. The Morgan fingerprint density at radius 3 is 2.61 bits per heavy atom. The Labute approximate surface area is 179 Å². The van der Waals surface area contributed by atoms with Crippen molar-refractivity contribution in [3.8, 4) is 11.5 Å². The molecule has 1 amide bonds. The Morgan fingerprint density at radius 2 is 2.03 bits per heavy atom. The molecule has 2 aromatic rings. The summed E-state index contributed by atoms with van der Waals surface area (Å²) in [6, 6.07) is 3.81. The predicted octanol–water partition coefficient (Wildman–Crippen LogP) is 2.74. The molecule has 0 bridgehead atoms. The Balaban J connectivity index is 1.79. The first-order chi connectivity index (χ1) is 14.5. The standard InChI is InChI=1S/C20H25F2N3O5S/c1-12-16(13(2)25(23-12)15-7-8-31(27,28)11-15)10-24(3)19(26)14-5-6-17(30-20(21)22)18(9-14)29-4/h5-6,9,15,20H,7-8,10-11H2,1-4H3/t15-/m0/s1. The van der Waals surface area contributed by atoms with Crippen molar-refractivity contribution in [2.24, 2.45) is 0 Å². The summed E-state index contributed by atoms with van der Waals surface area (Å²) in [6.07, 6.45) is 0.519. The molecule has 31 heavy (non-hydrogen) atoms. The van der Waals surface area contributed by atoms with Crippen molar-refractivity contribution in [1.29, 1.82) is 0 Å². The number of carbonyl (C=O) groups is 1. The van der Waals surface area contributed by atoms with Crippen LogP contribution in [-0.2, 0) is 16.4 Å². The normalized spacial score (nSPS) is 17.7. The van der Waals surface area contributed by atoms with Crippen LogP contribution in [0.5, 0.6) is 11.5 Å². The van der Waals surface area contributed by atoms with Crippen LogP contribution in [0.15, 0.2) is 18.2 Å². The maximum absolute atomic E-state index is 12.9. The Morgan fingerprint density at radius 1 is 1.32 bits per heavy atom. The van der Waals surface area contributed by atoms with Gasteiger partial charge in [-0.15, -0.1) is 0 Å². The molecule has 170 valence electrons. The Hall–Kier alpha value is -2.69. The second kappa shape index (κ2) is 8.81. The minimum absolute atomic E-state index is 0.0298. The van der Waals surface area contributed by atoms with E-state index in [4.69, 9.17) is 4.74 Å². The molecular formula is C20H25F2N3O5S. The van der Waals surface area contributed by atoms with E-state index in [0.717, 1.165) is 17.0 Å². The van der Waals surface area contributed by atoms with Crippen molar-refractivity contribution >= 4 is 15.7 Å². The molecule has 1 aromatic carbocycles. The number of hydrogen-bond donors (Lipinski definition) is 0. The van der Waals surface area contributed by atoms with Gasteiger partial charge in [-0.1, -0.05) is 0 Å². The third-order valence-corrected chi connectivity index (χ3v) is 7.15. The zero-order valence-electron chi connectivity index (χ0n) is 17.8. The highest BCUT2D eigenvalue weighted by Gasteiger charge is 2.31. The number of hydrogen-bond acceptors (Lipinski definition) is 6. The van der Waals surface area contributed by atoms with E-state index in [-0.39, 0.29) is 47.1 Å². The summed E-state index contributed by atoms with van der Waals surface area (Å²) in [5.41, 5.74) is 2.63. The minimum Gasteiger partial charge on any atom is -0.493 e. The van der Waals surface area contributed by atoms with Crippen molar-refractivity contribution < 1.29 is 31.5 Å². The van der Waals surface area contributed by atoms with Crippen LogP contribution >= 0.6 is 0 Å². The minimum atomic E-state index is -3.05. The highest BCUT2D eigenvalue weighted by Crippen LogP contribution is 2.31. The van der Waals surface area contributed by atoms with Gasteiger partial charge in [0.05, 0.1) is 30.4 Å².